The van der Waals surface area contributed by atoms with Gasteiger partial charge in [0.05, 0.1) is 5.69 Å². The van der Waals surface area contributed by atoms with Crippen LogP contribution in [0.4, 0.5) is 18.9 Å². The van der Waals surface area contributed by atoms with Crippen LogP contribution in [-0.4, -0.2) is 17.1 Å². The smallest absolute Gasteiger partial charge is 0.387 e. The summed E-state index contributed by atoms with van der Waals surface area (Å²) in [4.78, 5) is 0.701. The molecule has 0 aliphatic heterocycles. The fourth-order valence-electron chi connectivity index (χ4n) is 1.83. The number of ether oxygens (including phenoxy) is 1. The zero-order valence-corrected chi connectivity index (χ0v) is 12.5. The van der Waals surface area contributed by atoms with Gasteiger partial charge in [-0.25, -0.2) is 4.39 Å². The van der Waals surface area contributed by atoms with E-state index in [1.54, 1.807) is 30.5 Å². The SMILES string of the molecule is C[S@](=O)c1ccc(CNc2ccc(F)cc2OC(F)F)cc1. The highest BCUT2D eigenvalue weighted by Gasteiger charge is 2.11. The topological polar surface area (TPSA) is 38.3 Å². The van der Waals surface area contributed by atoms with Crippen LogP contribution in [-0.2, 0) is 17.3 Å². The molecule has 0 saturated carbocycles. The molecule has 118 valence electrons. The Morgan fingerprint density at radius 2 is 1.86 bits per heavy atom. The lowest BCUT2D eigenvalue weighted by atomic mass is 10.2. The van der Waals surface area contributed by atoms with E-state index in [2.05, 4.69) is 10.1 Å². The van der Waals surface area contributed by atoms with Gasteiger partial charge in [0.15, 0.2) is 5.75 Å². The van der Waals surface area contributed by atoms with E-state index in [4.69, 9.17) is 0 Å². The van der Waals surface area contributed by atoms with Crippen LogP contribution in [0.1, 0.15) is 5.56 Å². The van der Waals surface area contributed by atoms with Gasteiger partial charge in [0.1, 0.15) is 5.82 Å². The van der Waals surface area contributed by atoms with Crippen LogP contribution in [0.15, 0.2) is 47.4 Å². The Morgan fingerprint density at radius 3 is 2.45 bits per heavy atom. The Morgan fingerprint density at radius 1 is 1.18 bits per heavy atom. The van der Waals surface area contributed by atoms with E-state index in [-0.39, 0.29) is 11.4 Å². The molecule has 0 fully saturated rings. The molecule has 0 amide bonds. The monoisotopic (exact) mass is 329 g/mol. The van der Waals surface area contributed by atoms with Crippen molar-refractivity contribution in [2.75, 3.05) is 11.6 Å². The quantitative estimate of drug-likeness (QED) is 0.876. The summed E-state index contributed by atoms with van der Waals surface area (Å²) in [6.45, 7) is -2.69. The number of rotatable bonds is 6. The van der Waals surface area contributed by atoms with Gasteiger partial charge in [0, 0.05) is 34.6 Å². The molecule has 0 unspecified atom stereocenters. The second-order valence-electron chi connectivity index (χ2n) is 4.47. The lowest BCUT2D eigenvalue weighted by Crippen LogP contribution is -2.07. The normalized spacial score (nSPS) is 12.2. The number of nitrogens with one attached hydrogen (secondary N) is 1. The standard InChI is InChI=1S/C15H14F3NO2S/c1-22(20)12-5-2-10(3-6-12)9-19-13-7-4-11(16)8-14(13)21-15(17)18/h2-8,15,19H,9H2,1H3/t22-/m0/s1. The van der Waals surface area contributed by atoms with Gasteiger partial charge in [-0.05, 0) is 29.8 Å². The summed E-state index contributed by atoms with van der Waals surface area (Å²) in [5.74, 6) is -0.905. The fraction of sp³-hybridized carbons (Fsp3) is 0.200. The predicted molar refractivity (Wildman–Crippen MR) is 79.1 cm³/mol. The number of anilines is 1. The van der Waals surface area contributed by atoms with Gasteiger partial charge in [-0.15, -0.1) is 0 Å². The molecule has 0 aliphatic carbocycles. The van der Waals surface area contributed by atoms with Gasteiger partial charge >= 0.3 is 6.61 Å². The van der Waals surface area contributed by atoms with Crippen molar-refractivity contribution in [3.05, 3.63) is 53.8 Å². The van der Waals surface area contributed by atoms with Gasteiger partial charge in [0.25, 0.3) is 0 Å². The highest BCUT2D eigenvalue weighted by Crippen LogP contribution is 2.27. The molecule has 7 heteroatoms. The summed E-state index contributed by atoms with van der Waals surface area (Å²) in [7, 11) is -1.06. The molecule has 0 radical (unpaired) electrons. The average Bonchev–Trinajstić information content (AvgIpc) is 2.46. The summed E-state index contributed by atoms with van der Waals surface area (Å²) in [6.07, 6.45) is 1.58. The van der Waals surface area contributed by atoms with Crippen molar-refractivity contribution in [2.24, 2.45) is 0 Å². The minimum atomic E-state index is -3.03. The van der Waals surface area contributed by atoms with Gasteiger partial charge in [-0.3, -0.25) is 4.21 Å². The fourth-order valence-corrected chi connectivity index (χ4v) is 2.35. The van der Waals surface area contributed by atoms with Gasteiger partial charge in [-0.2, -0.15) is 8.78 Å². The molecule has 2 aromatic carbocycles. The van der Waals surface area contributed by atoms with Crippen molar-refractivity contribution < 1.29 is 22.1 Å². The average molecular weight is 329 g/mol. The highest BCUT2D eigenvalue weighted by molar-refractivity contribution is 7.84. The lowest BCUT2D eigenvalue weighted by molar-refractivity contribution is -0.0495. The molecule has 0 saturated heterocycles. The Hall–Kier alpha value is -2.02. The van der Waals surface area contributed by atoms with Gasteiger partial charge < -0.3 is 10.1 Å². The zero-order chi connectivity index (χ0) is 16.1. The van der Waals surface area contributed by atoms with E-state index in [9.17, 15) is 17.4 Å². The first-order valence-electron chi connectivity index (χ1n) is 6.36. The predicted octanol–water partition coefficient (Wildman–Crippen LogP) is 3.78. The third kappa shape index (κ3) is 4.49. The Bertz CT molecular complexity index is 662. The molecule has 22 heavy (non-hydrogen) atoms. The summed E-state index contributed by atoms with van der Waals surface area (Å²) in [5, 5.41) is 2.91. The number of hydrogen-bond acceptors (Lipinski definition) is 3. The van der Waals surface area contributed by atoms with E-state index >= 15 is 0 Å². The minimum Gasteiger partial charge on any atom is -0.433 e. The van der Waals surface area contributed by atoms with Crippen LogP contribution in [0.25, 0.3) is 0 Å². The van der Waals surface area contributed by atoms with Crippen molar-refractivity contribution >= 4 is 16.5 Å². The molecule has 3 nitrogen and oxygen atoms in total. The molecular formula is C15H14F3NO2S. The molecule has 0 bridgehead atoms. The van der Waals surface area contributed by atoms with E-state index in [0.717, 1.165) is 17.7 Å². The molecule has 1 atom stereocenters. The third-order valence-corrected chi connectivity index (χ3v) is 3.83. The number of alkyl halides is 2. The molecule has 0 spiro atoms. The van der Waals surface area contributed by atoms with E-state index in [1.165, 1.54) is 6.07 Å². The maximum Gasteiger partial charge on any atom is 0.387 e. The minimum absolute atomic E-state index is 0.249. The molecule has 0 heterocycles. The maximum atomic E-state index is 13.1. The lowest BCUT2D eigenvalue weighted by Gasteiger charge is -2.13. The van der Waals surface area contributed by atoms with Crippen LogP contribution < -0.4 is 10.1 Å². The molecule has 1 N–H and O–H groups in total. The van der Waals surface area contributed by atoms with Crippen molar-refractivity contribution in [3.63, 3.8) is 0 Å². The van der Waals surface area contributed by atoms with Crippen LogP contribution in [0.5, 0.6) is 5.75 Å². The van der Waals surface area contributed by atoms with Crippen LogP contribution in [0, 0.1) is 5.82 Å². The van der Waals surface area contributed by atoms with Crippen molar-refractivity contribution in [3.8, 4) is 5.75 Å². The van der Waals surface area contributed by atoms with Crippen LogP contribution >= 0.6 is 0 Å². The first kappa shape index (κ1) is 16.4. The zero-order valence-electron chi connectivity index (χ0n) is 11.7. The molecule has 2 aromatic rings. The second kappa shape index (κ2) is 7.31. The van der Waals surface area contributed by atoms with Gasteiger partial charge in [0.2, 0.25) is 0 Å². The van der Waals surface area contributed by atoms with Gasteiger partial charge in [-0.1, -0.05) is 12.1 Å². The summed E-state index contributed by atoms with van der Waals surface area (Å²) in [5.41, 5.74) is 1.13. The molecule has 0 aromatic heterocycles. The van der Waals surface area contributed by atoms with Crippen LogP contribution in [0.2, 0.25) is 0 Å². The van der Waals surface area contributed by atoms with Crippen molar-refractivity contribution in [1.29, 1.82) is 0 Å². The summed E-state index contributed by atoms with van der Waals surface area (Å²) >= 11 is 0. The highest BCUT2D eigenvalue weighted by atomic mass is 32.2. The Balaban J connectivity index is 2.09. The van der Waals surface area contributed by atoms with Crippen LogP contribution in [0.3, 0.4) is 0 Å². The van der Waals surface area contributed by atoms with E-state index < -0.39 is 23.2 Å². The number of benzene rings is 2. The first-order valence-corrected chi connectivity index (χ1v) is 7.92. The van der Waals surface area contributed by atoms with E-state index in [0.29, 0.717) is 11.4 Å². The number of hydrogen-bond donors (Lipinski definition) is 1. The first-order chi connectivity index (χ1) is 10.5. The summed E-state index contributed by atoms with van der Waals surface area (Å²) < 4.78 is 53.3. The Kier molecular flexibility index (Phi) is 5.43. The maximum absolute atomic E-state index is 13.1. The molecular weight excluding hydrogens is 315 g/mol. The molecule has 2 rings (SSSR count). The van der Waals surface area contributed by atoms with Crippen molar-refractivity contribution in [1.82, 2.24) is 0 Å². The second-order valence-corrected chi connectivity index (χ2v) is 5.85. The Labute approximate surface area is 128 Å². The molecule has 0 aliphatic rings. The largest absolute Gasteiger partial charge is 0.433 e. The van der Waals surface area contributed by atoms with Crippen molar-refractivity contribution in [2.45, 2.75) is 18.1 Å². The van der Waals surface area contributed by atoms with E-state index in [1.807, 2.05) is 0 Å². The third-order valence-electron chi connectivity index (χ3n) is 2.90. The number of halogens is 3. The summed E-state index contributed by atoms with van der Waals surface area (Å²) in [6, 6.07) is 10.4.